The van der Waals surface area contributed by atoms with Crippen LogP contribution in [0.25, 0.3) is 0 Å². The molecule has 0 saturated carbocycles. The van der Waals surface area contributed by atoms with Gasteiger partial charge in [0.1, 0.15) is 10.5 Å². The van der Waals surface area contributed by atoms with E-state index < -0.39 is 30.0 Å². The van der Waals surface area contributed by atoms with Crippen LogP contribution in [0.15, 0.2) is 22.9 Å². The number of halogens is 4. The Hall–Kier alpha value is -1.64. The van der Waals surface area contributed by atoms with Crippen molar-refractivity contribution in [2.75, 3.05) is 14.2 Å². The van der Waals surface area contributed by atoms with Gasteiger partial charge in [-0.15, -0.1) is 0 Å². The minimum atomic E-state index is -4.86. The monoisotopic (exact) mass is 369 g/mol. The summed E-state index contributed by atoms with van der Waals surface area (Å²) < 4.78 is 48.8. The summed E-state index contributed by atoms with van der Waals surface area (Å²) in [6, 6.07) is 2.40. The van der Waals surface area contributed by atoms with E-state index in [0.29, 0.717) is 4.60 Å². The maximum absolute atomic E-state index is 13.3. The van der Waals surface area contributed by atoms with E-state index in [4.69, 9.17) is 0 Å². The van der Waals surface area contributed by atoms with Gasteiger partial charge in [-0.1, -0.05) is 6.07 Å². The minimum Gasteiger partial charge on any atom is -0.468 e. The topological polar surface area (TPSA) is 65.5 Å². The number of hydrogen-bond acceptors (Lipinski definition) is 5. The van der Waals surface area contributed by atoms with Gasteiger partial charge in [0.15, 0.2) is 5.92 Å². The van der Waals surface area contributed by atoms with Gasteiger partial charge in [0.2, 0.25) is 0 Å². The molecule has 5 nitrogen and oxygen atoms in total. The van der Waals surface area contributed by atoms with E-state index in [1.807, 2.05) is 0 Å². The van der Waals surface area contributed by atoms with Crippen LogP contribution in [0.3, 0.4) is 0 Å². The Bertz CT molecular complexity index is 502. The van der Waals surface area contributed by atoms with Crippen LogP contribution in [0.2, 0.25) is 0 Å². The third-order valence-electron chi connectivity index (χ3n) is 2.71. The maximum atomic E-state index is 13.3. The zero-order valence-corrected chi connectivity index (χ0v) is 12.6. The highest BCUT2D eigenvalue weighted by atomic mass is 79.9. The van der Waals surface area contributed by atoms with Crippen molar-refractivity contribution >= 4 is 27.9 Å². The predicted octanol–water partition coefficient (Wildman–Crippen LogP) is 2.45. The number of carbonyl (C=O) groups is 2. The average molecular weight is 370 g/mol. The maximum Gasteiger partial charge on any atom is 0.397 e. The summed E-state index contributed by atoms with van der Waals surface area (Å²) in [5, 5.41) is 0. The van der Waals surface area contributed by atoms with Crippen LogP contribution < -0.4 is 0 Å². The molecule has 1 aromatic rings. The Morgan fingerprint density at radius 1 is 1.19 bits per heavy atom. The number of pyridine rings is 1. The van der Waals surface area contributed by atoms with Gasteiger partial charge in [0, 0.05) is 6.20 Å². The van der Waals surface area contributed by atoms with Crippen molar-refractivity contribution in [3.05, 3.63) is 28.5 Å². The molecule has 0 aliphatic rings. The highest BCUT2D eigenvalue weighted by Crippen LogP contribution is 2.41. The fourth-order valence-electron chi connectivity index (χ4n) is 1.76. The number of ether oxygens (including phenoxy) is 2. The second-order valence-electron chi connectivity index (χ2n) is 3.96. The van der Waals surface area contributed by atoms with Gasteiger partial charge in [-0.2, -0.15) is 13.2 Å². The number of aromatic nitrogens is 1. The molecule has 1 unspecified atom stereocenters. The SMILES string of the molecule is COC(=O)C(C(=O)OC)C(c1ccc(Br)nc1)C(F)(F)F. The molecule has 9 heteroatoms. The number of nitrogens with zero attached hydrogens (tertiary/aromatic N) is 1. The Morgan fingerprint density at radius 3 is 2.05 bits per heavy atom. The molecule has 0 aliphatic heterocycles. The molecule has 0 radical (unpaired) electrons. The zero-order chi connectivity index (χ0) is 16.2. The normalized spacial score (nSPS) is 12.9. The summed E-state index contributed by atoms with van der Waals surface area (Å²) in [5.41, 5.74) is -0.341. The molecule has 116 valence electrons. The van der Waals surface area contributed by atoms with Crippen molar-refractivity contribution in [2.45, 2.75) is 12.1 Å². The molecule has 0 aliphatic carbocycles. The number of carbonyl (C=O) groups excluding carboxylic acids is 2. The van der Waals surface area contributed by atoms with E-state index in [-0.39, 0.29) is 5.56 Å². The van der Waals surface area contributed by atoms with E-state index in [2.05, 4.69) is 30.4 Å². The highest BCUT2D eigenvalue weighted by Gasteiger charge is 2.53. The Kier molecular flexibility index (Phi) is 5.70. The standard InChI is InChI=1S/C12H11BrF3NO4/c1-20-10(18)8(11(19)21-2)9(12(14,15)16)6-3-4-7(13)17-5-6/h3-5,8-9H,1-2H3. The third-order valence-corrected chi connectivity index (χ3v) is 3.17. The van der Waals surface area contributed by atoms with Crippen LogP contribution in [0.1, 0.15) is 11.5 Å². The van der Waals surface area contributed by atoms with Crippen molar-refractivity contribution in [1.29, 1.82) is 0 Å². The summed E-state index contributed by atoms with van der Waals surface area (Å²) >= 11 is 2.99. The van der Waals surface area contributed by atoms with Crippen LogP contribution in [-0.2, 0) is 19.1 Å². The molecule has 0 amide bonds. The van der Waals surface area contributed by atoms with Gasteiger partial charge in [-0.3, -0.25) is 9.59 Å². The Morgan fingerprint density at radius 2 is 1.71 bits per heavy atom. The van der Waals surface area contributed by atoms with Gasteiger partial charge in [-0.05, 0) is 27.6 Å². The molecule has 0 spiro atoms. The van der Waals surface area contributed by atoms with Crippen molar-refractivity contribution in [3.63, 3.8) is 0 Å². The lowest BCUT2D eigenvalue weighted by molar-refractivity contribution is -0.187. The number of alkyl halides is 3. The largest absolute Gasteiger partial charge is 0.468 e. The van der Waals surface area contributed by atoms with E-state index in [9.17, 15) is 22.8 Å². The van der Waals surface area contributed by atoms with Gasteiger partial charge in [0.05, 0.1) is 14.2 Å². The van der Waals surface area contributed by atoms with Crippen molar-refractivity contribution < 1.29 is 32.2 Å². The van der Waals surface area contributed by atoms with E-state index in [0.717, 1.165) is 26.5 Å². The quantitative estimate of drug-likeness (QED) is 0.463. The molecule has 0 saturated heterocycles. The fourth-order valence-corrected chi connectivity index (χ4v) is 2.00. The molecular formula is C12H11BrF3NO4. The lowest BCUT2D eigenvalue weighted by Gasteiger charge is -2.25. The molecule has 1 aromatic heterocycles. The summed E-state index contributed by atoms with van der Waals surface area (Å²) in [6.07, 6.45) is -3.93. The predicted molar refractivity (Wildman–Crippen MR) is 68.3 cm³/mol. The lowest BCUT2D eigenvalue weighted by atomic mass is 9.86. The first-order valence-corrected chi connectivity index (χ1v) is 6.35. The van der Waals surface area contributed by atoms with Gasteiger partial charge in [-0.25, -0.2) is 4.98 Å². The molecule has 1 atom stereocenters. The fraction of sp³-hybridized carbons (Fsp3) is 0.417. The molecule has 0 aromatic carbocycles. The number of hydrogen-bond donors (Lipinski definition) is 0. The molecule has 1 heterocycles. The first kappa shape index (κ1) is 17.4. The molecular weight excluding hydrogens is 359 g/mol. The summed E-state index contributed by atoms with van der Waals surface area (Å²) in [5.74, 6) is -7.21. The second kappa shape index (κ2) is 6.88. The minimum absolute atomic E-state index is 0.319. The first-order valence-electron chi connectivity index (χ1n) is 5.56. The van der Waals surface area contributed by atoms with E-state index >= 15 is 0 Å². The Balaban J connectivity index is 3.37. The van der Waals surface area contributed by atoms with Gasteiger partial charge in [0.25, 0.3) is 0 Å². The van der Waals surface area contributed by atoms with Gasteiger partial charge < -0.3 is 9.47 Å². The average Bonchev–Trinajstić information content (AvgIpc) is 2.43. The number of rotatable bonds is 4. The van der Waals surface area contributed by atoms with Crippen LogP contribution in [0.5, 0.6) is 0 Å². The second-order valence-corrected chi connectivity index (χ2v) is 4.77. The first-order chi connectivity index (χ1) is 9.72. The Labute approximate surface area is 126 Å². The smallest absolute Gasteiger partial charge is 0.397 e. The van der Waals surface area contributed by atoms with Crippen LogP contribution in [0.4, 0.5) is 13.2 Å². The third kappa shape index (κ3) is 4.16. The van der Waals surface area contributed by atoms with Crippen LogP contribution >= 0.6 is 15.9 Å². The number of methoxy groups -OCH3 is 2. The molecule has 0 bridgehead atoms. The lowest BCUT2D eigenvalue weighted by Crippen LogP contribution is -2.39. The summed E-state index contributed by atoms with van der Waals surface area (Å²) in [7, 11) is 1.79. The van der Waals surface area contributed by atoms with E-state index in [1.54, 1.807) is 0 Å². The highest BCUT2D eigenvalue weighted by molar-refractivity contribution is 9.10. The van der Waals surface area contributed by atoms with E-state index in [1.165, 1.54) is 6.07 Å². The van der Waals surface area contributed by atoms with Crippen molar-refractivity contribution in [2.24, 2.45) is 5.92 Å². The van der Waals surface area contributed by atoms with Crippen molar-refractivity contribution in [3.8, 4) is 0 Å². The molecule has 1 rings (SSSR count). The van der Waals surface area contributed by atoms with Crippen LogP contribution in [-0.4, -0.2) is 37.3 Å². The van der Waals surface area contributed by atoms with Gasteiger partial charge >= 0.3 is 18.1 Å². The number of esters is 2. The van der Waals surface area contributed by atoms with Crippen LogP contribution in [0, 0.1) is 5.92 Å². The summed E-state index contributed by atoms with van der Waals surface area (Å²) in [6.45, 7) is 0. The summed E-state index contributed by atoms with van der Waals surface area (Å²) in [4.78, 5) is 26.9. The molecule has 0 fully saturated rings. The van der Waals surface area contributed by atoms with Crippen molar-refractivity contribution in [1.82, 2.24) is 4.98 Å². The zero-order valence-electron chi connectivity index (χ0n) is 11.0. The molecule has 0 N–H and O–H groups in total. The molecule has 21 heavy (non-hydrogen) atoms.